The summed E-state index contributed by atoms with van der Waals surface area (Å²) in [7, 11) is 0. The van der Waals surface area contributed by atoms with Crippen molar-refractivity contribution in [3.8, 4) is 28.0 Å². The zero-order valence-corrected chi connectivity index (χ0v) is 21.5. The van der Waals surface area contributed by atoms with Crippen molar-refractivity contribution in [1.82, 2.24) is 9.55 Å². The van der Waals surface area contributed by atoms with Gasteiger partial charge in [0.15, 0.2) is 16.6 Å². The molecule has 184 valence electrons. The van der Waals surface area contributed by atoms with Gasteiger partial charge < -0.3 is 19.5 Å². The quantitative estimate of drug-likeness (QED) is 0.229. The molecule has 3 aromatic heterocycles. The molecule has 0 fully saturated rings. The molecule has 9 heteroatoms. The van der Waals surface area contributed by atoms with Gasteiger partial charge in [-0.25, -0.2) is 4.98 Å². The molecule has 7 nitrogen and oxygen atoms in total. The summed E-state index contributed by atoms with van der Waals surface area (Å²) in [5.41, 5.74) is 2.60. The molecule has 0 aliphatic heterocycles. The molecule has 2 N–H and O–H groups in total. The van der Waals surface area contributed by atoms with Gasteiger partial charge in [-0.05, 0) is 68.8 Å². The smallest absolute Gasteiger partial charge is 0.242 e. The Morgan fingerprint density at radius 3 is 2.44 bits per heavy atom. The molecule has 0 spiro atoms. The van der Waals surface area contributed by atoms with E-state index in [4.69, 9.17) is 16.0 Å². The van der Waals surface area contributed by atoms with Crippen LogP contribution in [-0.2, 0) is 0 Å². The second-order valence-electron chi connectivity index (χ2n) is 8.30. The van der Waals surface area contributed by atoms with Gasteiger partial charge in [0.25, 0.3) is 0 Å². The highest BCUT2D eigenvalue weighted by atomic mass is 35.5. The third-order valence-corrected chi connectivity index (χ3v) is 7.35. The molecule has 0 unspecified atom stereocenters. The van der Waals surface area contributed by atoms with Crippen LogP contribution in [0.4, 0.5) is 5.69 Å². The van der Waals surface area contributed by atoms with Crippen molar-refractivity contribution in [1.29, 1.82) is 0 Å². The molecule has 0 saturated carbocycles. The van der Waals surface area contributed by atoms with Crippen molar-refractivity contribution in [2.75, 3.05) is 18.0 Å². The van der Waals surface area contributed by atoms with Gasteiger partial charge in [0.1, 0.15) is 5.76 Å². The summed E-state index contributed by atoms with van der Waals surface area (Å²) in [5.74, 6) is -0.919. The number of nitrogens with zero attached hydrogens (tertiary/aromatic N) is 3. The van der Waals surface area contributed by atoms with E-state index in [1.54, 1.807) is 37.3 Å². The number of hydrogen-bond donors (Lipinski definition) is 2. The highest BCUT2D eigenvalue weighted by Gasteiger charge is 2.32. The number of fused-ring (bicyclic) bond motifs is 1. The lowest BCUT2D eigenvalue weighted by Gasteiger charge is -2.21. The number of furan rings is 1. The Balaban J connectivity index is 1.75. The summed E-state index contributed by atoms with van der Waals surface area (Å²) in [5, 5.41) is 23.0. The first-order valence-electron chi connectivity index (χ1n) is 11.5. The highest BCUT2D eigenvalue weighted by Crippen LogP contribution is 2.45. The van der Waals surface area contributed by atoms with Crippen LogP contribution < -0.4 is 4.90 Å². The molecule has 5 aromatic rings. The van der Waals surface area contributed by atoms with E-state index >= 15 is 0 Å². The van der Waals surface area contributed by atoms with Crippen LogP contribution in [0.15, 0.2) is 59.0 Å². The Labute approximate surface area is 216 Å². The average Bonchev–Trinajstić information content (AvgIpc) is 3.56. The minimum atomic E-state index is -0.540. The predicted molar refractivity (Wildman–Crippen MR) is 143 cm³/mol. The van der Waals surface area contributed by atoms with Crippen LogP contribution in [0.5, 0.6) is 11.6 Å². The largest absolute Gasteiger partial charge is 0.503 e. The highest BCUT2D eigenvalue weighted by molar-refractivity contribution is 7.20. The molecule has 0 atom stereocenters. The molecule has 36 heavy (non-hydrogen) atoms. The molecule has 0 saturated heterocycles. The Morgan fingerprint density at radius 2 is 1.81 bits per heavy atom. The van der Waals surface area contributed by atoms with Gasteiger partial charge in [-0.1, -0.05) is 35.1 Å². The van der Waals surface area contributed by atoms with E-state index < -0.39 is 17.4 Å². The molecule has 5 rings (SSSR count). The first-order valence-corrected chi connectivity index (χ1v) is 12.7. The second kappa shape index (κ2) is 9.37. The Morgan fingerprint density at radius 1 is 1.08 bits per heavy atom. The molecule has 0 amide bonds. The molecule has 2 aromatic carbocycles. The maximum atomic E-state index is 13.5. The lowest BCUT2D eigenvalue weighted by Crippen LogP contribution is -2.21. The maximum absolute atomic E-state index is 13.5. The number of hydrogen-bond acceptors (Lipinski definition) is 7. The summed E-state index contributed by atoms with van der Waals surface area (Å²) >= 11 is 7.45. The van der Waals surface area contributed by atoms with Crippen LogP contribution in [0.25, 0.3) is 26.6 Å². The van der Waals surface area contributed by atoms with Gasteiger partial charge in [-0.2, -0.15) is 0 Å². The number of halogens is 1. The Hall–Kier alpha value is -3.75. The Bertz CT molecular complexity index is 1580. The maximum Gasteiger partial charge on any atom is 0.242 e. The topological polar surface area (TPSA) is 91.7 Å². The van der Waals surface area contributed by atoms with E-state index in [0.717, 1.165) is 23.5 Å². The van der Waals surface area contributed by atoms with E-state index in [1.165, 1.54) is 15.9 Å². The average molecular weight is 522 g/mol. The number of aromatic hydroxyl groups is 2. The van der Waals surface area contributed by atoms with Gasteiger partial charge in [0, 0.05) is 23.8 Å². The van der Waals surface area contributed by atoms with Crippen molar-refractivity contribution in [3.63, 3.8) is 0 Å². The van der Waals surface area contributed by atoms with Crippen LogP contribution in [0, 0.1) is 6.92 Å². The van der Waals surface area contributed by atoms with Crippen molar-refractivity contribution in [2.24, 2.45) is 0 Å². The minimum absolute atomic E-state index is 0.0604. The van der Waals surface area contributed by atoms with E-state index in [1.807, 2.05) is 24.3 Å². The van der Waals surface area contributed by atoms with Crippen molar-refractivity contribution in [3.05, 3.63) is 76.7 Å². The number of thiazole rings is 1. The molecular formula is C27H24ClN3O4S. The standard InChI is InChI=1S/C27H24ClN3O4S/c1-4-30(5-2)18-10-7-16(8-11-18)23-22(24(32)20-13-6-15(3)35-20)25(33)26(34)31(23)27-29-19-12-9-17(28)14-21(19)36-27/h6-14,33-34H,4-5H2,1-3H3. The number of anilines is 1. The third kappa shape index (κ3) is 4.02. The second-order valence-corrected chi connectivity index (χ2v) is 9.74. The zero-order chi connectivity index (χ0) is 25.6. The molecular weight excluding hydrogens is 498 g/mol. The molecule has 3 heterocycles. The summed E-state index contributed by atoms with van der Waals surface area (Å²) in [6, 6.07) is 16.2. The lowest BCUT2D eigenvalue weighted by atomic mass is 10.0. The first kappa shape index (κ1) is 24.0. The van der Waals surface area contributed by atoms with Crippen LogP contribution in [0.3, 0.4) is 0 Å². The van der Waals surface area contributed by atoms with Gasteiger partial charge in [0.05, 0.1) is 21.5 Å². The van der Waals surface area contributed by atoms with E-state index in [2.05, 4.69) is 23.7 Å². The summed E-state index contributed by atoms with van der Waals surface area (Å²) < 4.78 is 7.77. The number of carbonyl (C=O) groups is 1. The van der Waals surface area contributed by atoms with Crippen LogP contribution in [-0.4, -0.2) is 38.6 Å². The number of rotatable bonds is 7. The van der Waals surface area contributed by atoms with Crippen molar-refractivity contribution >= 4 is 44.6 Å². The number of aryl methyl sites for hydroxylation is 1. The van der Waals surface area contributed by atoms with Crippen molar-refractivity contribution < 1.29 is 19.4 Å². The van der Waals surface area contributed by atoms with Gasteiger partial charge in [-0.15, -0.1) is 0 Å². The first-order chi connectivity index (χ1) is 17.3. The minimum Gasteiger partial charge on any atom is -0.503 e. The molecule has 0 aliphatic rings. The summed E-state index contributed by atoms with van der Waals surface area (Å²) in [6.45, 7) is 7.60. The van der Waals surface area contributed by atoms with Crippen molar-refractivity contribution in [2.45, 2.75) is 20.8 Å². The van der Waals surface area contributed by atoms with E-state index in [0.29, 0.717) is 32.7 Å². The van der Waals surface area contributed by atoms with E-state index in [9.17, 15) is 15.0 Å². The van der Waals surface area contributed by atoms with Gasteiger partial charge >= 0.3 is 0 Å². The van der Waals surface area contributed by atoms with Crippen LogP contribution >= 0.6 is 22.9 Å². The SMILES string of the molecule is CCN(CC)c1ccc(-c2c(C(=O)c3ccc(C)o3)c(O)c(O)n2-c2nc3ccc(Cl)cc3s2)cc1. The number of aromatic nitrogens is 2. The number of ketones is 1. The summed E-state index contributed by atoms with van der Waals surface area (Å²) in [4.78, 5) is 20.4. The number of benzene rings is 2. The lowest BCUT2D eigenvalue weighted by molar-refractivity contribution is 0.101. The molecule has 0 aliphatic carbocycles. The van der Waals surface area contributed by atoms with Crippen LogP contribution in [0.1, 0.15) is 35.7 Å². The number of carbonyl (C=O) groups excluding carboxylic acids is 1. The fraction of sp³-hybridized carbons (Fsp3) is 0.185. The van der Waals surface area contributed by atoms with Gasteiger partial charge in [0.2, 0.25) is 11.7 Å². The fourth-order valence-electron chi connectivity index (χ4n) is 4.30. The predicted octanol–water partition coefficient (Wildman–Crippen LogP) is 6.80. The van der Waals surface area contributed by atoms with Gasteiger partial charge in [-0.3, -0.25) is 9.36 Å². The fourth-order valence-corrected chi connectivity index (χ4v) is 5.55. The van der Waals surface area contributed by atoms with E-state index in [-0.39, 0.29) is 11.3 Å². The molecule has 0 bridgehead atoms. The molecule has 0 radical (unpaired) electrons. The van der Waals surface area contributed by atoms with Crippen LogP contribution in [0.2, 0.25) is 5.02 Å². The monoisotopic (exact) mass is 521 g/mol. The summed E-state index contributed by atoms with van der Waals surface area (Å²) in [6.07, 6.45) is 0. The third-order valence-electron chi connectivity index (χ3n) is 6.11. The Kier molecular flexibility index (Phi) is 6.24. The normalized spacial score (nSPS) is 11.3. The zero-order valence-electron chi connectivity index (χ0n) is 19.9.